The van der Waals surface area contributed by atoms with Crippen LogP contribution in [-0.2, 0) is 4.74 Å². The van der Waals surface area contributed by atoms with E-state index in [1.165, 1.54) is 0 Å². The monoisotopic (exact) mass is 401 g/mol. The lowest BCUT2D eigenvalue weighted by Gasteiger charge is -2.36. The number of pyridine rings is 1. The standard InChI is InChI=1S/C21H24ClN3O3/c1-4-28-21(27)16-11-25-13(3)5-6-14-18(25)15(20(16)26)9-17(22)19(14)24-8-7-23-12(2)10-24/h5-6,9,11-13,23H,4,7-8,10H2,1-3H3. The van der Waals surface area contributed by atoms with E-state index in [9.17, 15) is 9.59 Å². The fourth-order valence-corrected chi connectivity index (χ4v) is 4.46. The third-order valence-corrected chi connectivity index (χ3v) is 5.73. The lowest BCUT2D eigenvalue weighted by atomic mass is 9.98. The number of allylic oxidation sites excluding steroid dienone is 1. The van der Waals surface area contributed by atoms with Gasteiger partial charge < -0.3 is 19.5 Å². The number of hydrogen-bond acceptors (Lipinski definition) is 5. The van der Waals surface area contributed by atoms with E-state index in [1.54, 1.807) is 19.2 Å². The van der Waals surface area contributed by atoms with E-state index in [0.29, 0.717) is 16.5 Å². The van der Waals surface area contributed by atoms with Gasteiger partial charge in [-0.15, -0.1) is 0 Å². The van der Waals surface area contributed by atoms with Gasteiger partial charge in [0.25, 0.3) is 0 Å². The summed E-state index contributed by atoms with van der Waals surface area (Å²) in [6.45, 7) is 8.68. The highest BCUT2D eigenvalue weighted by molar-refractivity contribution is 6.35. The molecule has 1 aromatic carbocycles. The Morgan fingerprint density at radius 2 is 2.18 bits per heavy atom. The van der Waals surface area contributed by atoms with Gasteiger partial charge in [-0.2, -0.15) is 0 Å². The van der Waals surface area contributed by atoms with Crippen LogP contribution in [0, 0.1) is 0 Å². The number of hydrogen-bond donors (Lipinski definition) is 1. The number of benzene rings is 1. The van der Waals surface area contributed by atoms with E-state index < -0.39 is 5.97 Å². The molecule has 1 aromatic heterocycles. The fourth-order valence-electron chi connectivity index (χ4n) is 4.13. The SMILES string of the molecule is CCOC(=O)c1cn2c3c(c(N4CCNC(C)C4)c(Cl)cc3c1=O)C=CC2C. The van der Waals surface area contributed by atoms with Crippen LogP contribution in [0.15, 0.2) is 23.1 Å². The molecular weight excluding hydrogens is 378 g/mol. The second-order valence-electron chi connectivity index (χ2n) is 7.42. The largest absolute Gasteiger partial charge is 0.462 e. The van der Waals surface area contributed by atoms with Gasteiger partial charge in [-0.3, -0.25) is 4.79 Å². The maximum Gasteiger partial charge on any atom is 0.343 e. The molecule has 0 radical (unpaired) electrons. The number of carbonyl (C=O) groups is 1. The summed E-state index contributed by atoms with van der Waals surface area (Å²) in [5.41, 5.74) is 2.40. The average Bonchev–Trinajstić information content (AvgIpc) is 2.66. The van der Waals surface area contributed by atoms with Crippen molar-refractivity contribution in [1.82, 2.24) is 9.88 Å². The maximum absolute atomic E-state index is 13.1. The van der Waals surface area contributed by atoms with Crippen molar-refractivity contribution < 1.29 is 9.53 Å². The van der Waals surface area contributed by atoms with Crippen molar-refractivity contribution in [2.75, 3.05) is 31.1 Å². The van der Waals surface area contributed by atoms with Gasteiger partial charge in [0.15, 0.2) is 0 Å². The molecule has 2 aliphatic rings. The normalized spacial score (nSPS) is 21.2. The predicted octanol–water partition coefficient (Wildman–Crippen LogP) is 3.22. The Morgan fingerprint density at radius 3 is 2.89 bits per heavy atom. The summed E-state index contributed by atoms with van der Waals surface area (Å²) >= 11 is 6.69. The van der Waals surface area contributed by atoms with E-state index in [2.05, 4.69) is 23.2 Å². The zero-order valence-electron chi connectivity index (χ0n) is 16.3. The summed E-state index contributed by atoms with van der Waals surface area (Å²) in [4.78, 5) is 27.7. The summed E-state index contributed by atoms with van der Waals surface area (Å²) in [7, 11) is 0. The number of esters is 1. The molecule has 28 heavy (non-hydrogen) atoms. The number of piperazine rings is 1. The lowest BCUT2D eigenvalue weighted by molar-refractivity contribution is 0.0524. The molecule has 4 rings (SSSR count). The predicted molar refractivity (Wildman–Crippen MR) is 113 cm³/mol. The Kier molecular flexibility index (Phi) is 4.93. The maximum atomic E-state index is 13.1. The molecule has 2 atom stereocenters. The molecule has 1 N–H and O–H groups in total. The summed E-state index contributed by atoms with van der Waals surface area (Å²) in [5, 5.41) is 4.42. The van der Waals surface area contributed by atoms with Crippen molar-refractivity contribution in [2.24, 2.45) is 0 Å². The Balaban J connectivity index is 1.99. The number of rotatable bonds is 3. The highest BCUT2D eigenvalue weighted by atomic mass is 35.5. The van der Waals surface area contributed by atoms with E-state index >= 15 is 0 Å². The first-order valence-corrected chi connectivity index (χ1v) is 10.0. The van der Waals surface area contributed by atoms with Crippen molar-refractivity contribution in [2.45, 2.75) is 32.9 Å². The van der Waals surface area contributed by atoms with Gasteiger partial charge in [0.05, 0.1) is 22.8 Å². The number of halogens is 1. The molecule has 0 spiro atoms. The van der Waals surface area contributed by atoms with E-state index in [4.69, 9.17) is 16.3 Å². The molecule has 2 unspecified atom stereocenters. The molecule has 7 heteroatoms. The first-order valence-electron chi connectivity index (χ1n) is 9.67. The van der Waals surface area contributed by atoms with Crippen LogP contribution < -0.4 is 15.6 Å². The second-order valence-corrected chi connectivity index (χ2v) is 7.82. The lowest BCUT2D eigenvalue weighted by Crippen LogP contribution is -2.49. The first-order chi connectivity index (χ1) is 13.4. The third kappa shape index (κ3) is 3.01. The number of nitrogens with one attached hydrogen (secondary N) is 1. The third-order valence-electron chi connectivity index (χ3n) is 5.44. The number of carbonyl (C=O) groups excluding carboxylic acids is 1. The van der Waals surface area contributed by atoms with Crippen molar-refractivity contribution in [3.8, 4) is 0 Å². The van der Waals surface area contributed by atoms with Crippen LogP contribution in [0.2, 0.25) is 5.02 Å². The van der Waals surface area contributed by atoms with Crippen LogP contribution in [0.5, 0.6) is 0 Å². The minimum absolute atomic E-state index is 0.0137. The number of ether oxygens (including phenoxy) is 1. The molecule has 148 valence electrons. The smallest absolute Gasteiger partial charge is 0.343 e. The van der Waals surface area contributed by atoms with Crippen molar-refractivity contribution in [3.63, 3.8) is 0 Å². The molecule has 0 bridgehead atoms. The second kappa shape index (κ2) is 7.26. The molecule has 0 saturated carbocycles. The highest BCUT2D eigenvalue weighted by Crippen LogP contribution is 2.40. The molecule has 2 aromatic rings. The minimum atomic E-state index is -0.599. The molecule has 1 fully saturated rings. The Bertz CT molecular complexity index is 1040. The summed E-state index contributed by atoms with van der Waals surface area (Å²) < 4.78 is 7.06. The topological polar surface area (TPSA) is 63.6 Å². The molecule has 1 saturated heterocycles. The Hall–Kier alpha value is -2.31. The van der Waals surface area contributed by atoms with Crippen molar-refractivity contribution in [3.05, 3.63) is 44.7 Å². The van der Waals surface area contributed by atoms with E-state index in [1.807, 2.05) is 17.6 Å². The number of nitrogens with zero attached hydrogens (tertiary/aromatic N) is 2. The van der Waals surface area contributed by atoms with Gasteiger partial charge in [0.2, 0.25) is 5.43 Å². The van der Waals surface area contributed by atoms with Crippen molar-refractivity contribution >= 4 is 40.2 Å². The molecule has 2 aliphatic heterocycles. The van der Waals surface area contributed by atoms with Crippen molar-refractivity contribution in [1.29, 1.82) is 0 Å². The molecular formula is C21H24ClN3O3. The van der Waals surface area contributed by atoms with E-state index in [0.717, 1.165) is 36.4 Å². The Labute approximate surface area is 168 Å². The quantitative estimate of drug-likeness (QED) is 0.800. The minimum Gasteiger partial charge on any atom is -0.462 e. The van der Waals surface area contributed by atoms with Crippen LogP contribution in [-0.4, -0.2) is 42.8 Å². The Morgan fingerprint density at radius 1 is 1.39 bits per heavy atom. The van der Waals surface area contributed by atoms with Crippen LogP contribution >= 0.6 is 11.6 Å². The number of anilines is 1. The summed E-state index contributed by atoms with van der Waals surface area (Å²) in [5.74, 6) is -0.599. The molecule has 3 heterocycles. The summed E-state index contributed by atoms with van der Waals surface area (Å²) in [6, 6.07) is 2.07. The van der Waals surface area contributed by atoms with Gasteiger partial charge in [0.1, 0.15) is 5.56 Å². The van der Waals surface area contributed by atoms with Crippen LogP contribution in [0.1, 0.15) is 42.7 Å². The van der Waals surface area contributed by atoms with Gasteiger partial charge in [-0.05, 0) is 26.8 Å². The van der Waals surface area contributed by atoms with Gasteiger partial charge >= 0.3 is 5.97 Å². The van der Waals surface area contributed by atoms with Crippen LogP contribution in [0.25, 0.3) is 17.0 Å². The van der Waals surface area contributed by atoms with Gasteiger partial charge in [-0.25, -0.2) is 4.79 Å². The van der Waals surface area contributed by atoms with Crippen LogP contribution in [0.4, 0.5) is 5.69 Å². The number of aromatic nitrogens is 1. The van der Waals surface area contributed by atoms with Crippen LogP contribution in [0.3, 0.4) is 0 Å². The van der Waals surface area contributed by atoms with E-state index in [-0.39, 0.29) is 23.6 Å². The average molecular weight is 402 g/mol. The zero-order chi connectivity index (χ0) is 20.0. The molecule has 6 nitrogen and oxygen atoms in total. The molecule has 0 aliphatic carbocycles. The fraction of sp³-hybridized carbons (Fsp3) is 0.429. The van der Waals surface area contributed by atoms with Gasteiger partial charge in [0, 0.05) is 48.9 Å². The zero-order valence-corrected chi connectivity index (χ0v) is 17.0. The van der Waals surface area contributed by atoms with Gasteiger partial charge in [-0.1, -0.05) is 23.8 Å². The first kappa shape index (κ1) is 19.0. The molecule has 0 amide bonds. The summed E-state index contributed by atoms with van der Waals surface area (Å²) in [6.07, 6.45) is 5.73. The highest BCUT2D eigenvalue weighted by Gasteiger charge is 2.27.